The third-order valence-corrected chi connectivity index (χ3v) is 4.21. The lowest BCUT2D eigenvalue weighted by atomic mass is 9.95. The summed E-state index contributed by atoms with van der Waals surface area (Å²) >= 11 is 0. The summed E-state index contributed by atoms with van der Waals surface area (Å²) in [5.41, 5.74) is 1.46. The highest BCUT2D eigenvalue weighted by Gasteiger charge is 2.28. The Labute approximate surface area is 126 Å². The number of rotatable bonds is 5. The number of piperidine rings is 1. The van der Waals surface area contributed by atoms with Gasteiger partial charge >= 0.3 is 5.97 Å². The maximum absolute atomic E-state index is 12.0. The molecule has 1 aliphatic heterocycles. The van der Waals surface area contributed by atoms with Gasteiger partial charge in [-0.1, -0.05) is 6.92 Å². The van der Waals surface area contributed by atoms with Crippen LogP contribution < -0.4 is 0 Å². The van der Waals surface area contributed by atoms with E-state index in [0.29, 0.717) is 24.6 Å². The van der Waals surface area contributed by atoms with E-state index in [4.69, 9.17) is 9.47 Å². The number of likely N-dealkylation sites (tertiary alicyclic amines) is 1. The van der Waals surface area contributed by atoms with Crippen molar-refractivity contribution >= 4 is 5.97 Å². The number of aryl methyl sites for hydroxylation is 1. The van der Waals surface area contributed by atoms with Gasteiger partial charge in [-0.15, -0.1) is 0 Å². The molecule has 1 aromatic rings. The molecule has 0 aromatic carbocycles. The molecule has 0 spiro atoms. The van der Waals surface area contributed by atoms with E-state index < -0.39 is 0 Å². The zero-order valence-electron chi connectivity index (χ0n) is 13.3. The molecule has 6 heteroatoms. The Kier molecular flexibility index (Phi) is 5.36. The van der Waals surface area contributed by atoms with E-state index in [2.05, 4.69) is 16.9 Å². The van der Waals surface area contributed by atoms with Crippen LogP contribution in [0.1, 0.15) is 36.3 Å². The highest BCUT2D eigenvalue weighted by atomic mass is 16.5. The number of methoxy groups -OCH3 is 1. The Hall–Kier alpha value is -1.40. The zero-order chi connectivity index (χ0) is 15.4. The number of carbonyl (C=O) groups excluding carboxylic acids is 1. The Morgan fingerprint density at radius 3 is 2.95 bits per heavy atom. The lowest BCUT2D eigenvalue weighted by Crippen LogP contribution is -2.43. The molecule has 0 aliphatic carbocycles. The van der Waals surface area contributed by atoms with E-state index in [9.17, 15) is 4.79 Å². The average molecular weight is 295 g/mol. The van der Waals surface area contributed by atoms with Crippen molar-refractivity contribution in [1.29, 1.82) is 0 Å². The summed E-state index contributed by atoms with van der Waals surface area (Å²) < 4.78 is 12.4. The van der Waals surface area contributed by atoms with Crippen LogP contribution in [0.25, 0.3) is 0 Å². The summed E-state index contributed by atoms with van der Waals surface area (Å²) in [5.74, 6) is 0.275. The highest BCUT2D eigenvalue weighted by Crippen LogP contribution is 2.22. The van der Waals surface area contributed by atoms with Crippen LogP contribution in [0.15, 0.2) is 6.20 Å². The molecule has 0 amide bonds. The summed E-state index contributed by atoms with van der Waals surface area (Å²) in [6.07, 6.45) is 2.94. The second-order valence-corrected chi connectivity index (χ2v) is 5.62. The van der Waals surface area contributed by atoms with Crippen LogP contribution >= 0.6 is 0 Å². The van der Waals surface area contributed by atoms with Gasteiger partial charge in [0, 0.05) is 27.2 Å². The summed E-state index contributed by atoms with van der Waals surface area (Å²) in [6.45, 7) is 6.99. The predicted octanol–water partition coefficient (Wildman–Crippen LogP) is 1.45. The predicted molar refractivity (Wildman–Crippen MR) is 79.0 cm³/mol. The van der Waals surface area contributed by atoms with Crippen molar-refractivity contribution in [2.45, 2.75) is 32.9 Å². The first-order chi connectivity index (χ1) is 10.1. The van der Waals surface area contributed by atoms with Crippen LogP contribution in [0.5, 0.6) is 0 Å². The minimum atomic E-state index is -0.297. The van der Waals surface area contributed by atoms with E-state index in [1.54, 1.807) is 18.0 Å². The molecule has 2 rings (SSSR count). The van der Waals surface area contributed by atoms with E-state index in [0.717, 1.165) is 25.2 Å². The van der Waals surface area contributed by atoms with Crippen molar-refractivity contribution in [3.8, 4) is 0 Å². The van der Waals surface area contributed by atoms with Gasteiger partial charge in [0.1, 0.15) is 5.56 Å². The van der Waals surface area contributed by atoms with Gasteiger partial charge in [0.15, 0.2) is 0 Å². The Morgan fingerprint density at radius 2 is 2.29 bits per heavy atom. The quantitative estimate of drug-likeness (QED) is 0.770. The van der Waals surface area contributed by atoms with Crippen LogP contribution in [-0.4, -0.2) is 53.6 Å². The first-order valence-electron chi connectivity index (χ1n) is 7.50. The molecule has 1 saturated heterocycles. The van der Waals surface area contributed by atoms with Crippen molar-refractivity contribution in [2.24, 2.45) is 13.0 Å². The Bertz CT molecular complexity index is 487. The summed E-state index contributed by atoms with van der Waals surface area (Å²) in [7, 11) is 3.62. The first-order valence-corrected chi connectivity index (χ1v) is 7.50. The van der Waals surface area contributed by atoms with E-state index in [1.165, 1.54) is 0 Å². The smallest absolute Gasteiger partial charge is 0.341 e. The van der Waals surface area contributed by atoms with E-state index in [-0.39, 0.29) is 12.1 Å². The molecule has 0 bridgehead atoms. The number of carbonyl (C=O) groups is 1. The topological polar surface area (TPSA) is 56.6 Å². The van der Waals surface area contributed by atoms with Crippen LogP contribution in [0.4, 0.5) is 0 Å². The molecule has 21 heavy (non-hydrogen) atoms. The molecule has 2 atom stereocenters. The summed E-state index contributed by atoms with van der Waals surface area (Å²) in [6, 6.07) is 0. The third-order valence-electron chi connectivity index (χ3n) is 4.21. The first kappa shape index (κ1) is 16.0. The molecule has 6 nitrogen and oxygen atoms in total. The molecular weight excluding hydrogens is 270 g/mol. The second-order valence-electron chi connectivity index (χ2n) is 5.62. The third kappa shape index (κ3) is 3.63. The molecular formula is C15H25N3O3. The largest absolute Gasteiger partial charge is 0.462 e. The summed E-state index contributed by atoms with van der Waals surface area (Å²) in [5, 5.41) is 4.20. The average Bonchev–Trinajstić information content (AvgIpc) is 2.82. The number of aromatic nitrogens is 2. The molecule has 1 aliphatic rings. The number of esters is 1. The fourth-order valence-corrected chi connectivity index (χ4v) is 2.79. The van der Waals surface area contributed by atoms with Crippen molar-refractivity contribution in [3.63, 3.8) is 0 Å². The molecule has 2 unspecified atom stereocenters. The van der Waals surface area contributed by atoms with Gasteiger partial charge in [-0.2, -0.15) is 5.10 Å². The van der Waals surface area contributed by atoms with Gasteiger partial charge in [-0.25, -0.2) is 4.79 Å². The molecule has 0 radical (unpaired) electrons. The van der Waals surface area contributed by atoms with Gasteiger partial charge in [0.25, 0.3) is 0 Å². The number of ether oxygens (including phenoxy) is 2. The van der Waals surface area contributed by atoms with Crippen molar-refractivity contribution in [1.82, 2.24) is 14.7 Å². The number of hydrogen-bond donors (Lipinski definition) is 0. The Morgan fingerprint density at radius 1 is 1.52 bits per heavy atom. The lowest BCUT2D eigenvalue weighted by Gasteiger charge is -2.36. The second kappa shape index (κ2) is 7.04. The van der Waals surface area contributed by atoms with Gasteiger partial charge in [-0.3, -0.25) is 9.58 Å². The molecule has 1 fully saturated rings. The van der Waals surface area contributed by atoms with Gasteiger partial charge in [0.05, 0.1) is 24.6 Å². The number of hydrogen-bond acceptors (Lipinski definition) is 5. The number of nitrogens with zero attached hydrogens (tertiary/aromatic N) is 3. The van der Waals surface area contributed by atoms with Crippen LogP contribution in [-0.2, 0) is 23.1 Å². The van der Waals surface area contributed by atoms with Gasteiger partial charge in [-0.05, 0) is 25.8 Å². The SMILES string of the molecule is CCOC(=O)c1cnn(C)c1CN1CCC(C)C(OC)C1. The minimum absolute atomic E-state index is 0.248. The minimum Gasteiger partial charge on any atom is -0.462 e. The van der Waals surface area contributed by atoms with Crippen molar-refractivity contribution in [2.75, 3.05) is 26.8 Å². The van der Waals surface area contributed by atoms with E-state index in [1.807, 2.05) is 14.0 Å². The molecule has 0 saturated carbocycles. The highest BCUT2D eigenvalue weighted by molar-refractivity contribution is 5.90. The fourth-order valence-electron chi connectivity index (χ4n) is 2.79. The van der Waals surface area contributed by atoms with Gasteiger partial charge < -0.3 is 9.47 Å². The maximum Gasteiger partial charge on any atom is 0.341 e. The van der Waals surface area contributed by atoms with Crippen LogP contribution in [0.2, 0.25) is 0 Å². The van der Waals surface area contributed by atoms with Crippen molar-refractivity contribution < 1.29 is 14.3 Å². The fraction of sp³-hybridized carbons (Fsp3) is 0.733. The maximum atomic E-state index is 12.0. The van der Waals surface area contributed by atoms with Crippen molar-refractivity contribution in [3.05, 3.63) is 17.5 Å². The summed E-state index contributed by atoms with van der Waals surface area (Å²) in [4.78, 5) is 14.3. The van der Waals surface area contributed by atoms with Crippen LogP contribution in [0, 0.1) is 5.92 Å². The Balaban J connectivity index is 2.09. The normalized spacial score (nSPS) is 23.2. The molecule has 118 valence electrons. The molecule has 2 heterocycles. The standard InChI is InChI=1S/C15H25N3O3/c1-5-21-15(19)12-8-16-17(3)13(12)9-18-7-6-11(2)14(10-18)20-4/h8,11,14H,5-7,9-10H2,1-4H3. The molecule has 1 aromatic heterocycles. The van der Waals surface area contributed by atoms with Crippen LogP contribution in [0.3, 0.4) is 0 Å². The lowest BCUT2D eigenvalue weighted by molar-refractivity contribution is -0.00820. The van der Waals surface area contributed by atoms with E-state index >= 15 is 0 Å². The monoisotopic (exact) mass is 295 g/mol. The van der Waals surface area contributed by atoms with Gasteiger partial charge in [0.2, 0.25) is 0 Å². The zero-order valence-corrected chi connectivity index (χ0v) is 13.3. The molecule has 0 N–H and O–H groups in total.